The van der Waals surface area contributed by atoms with Crippen LogP contribution in [0.1, 0.15) is 13.8 Å². The van der Waals surface area contributed by atoms with Crippen LogP contribution in [0, 0.1) is 5.41 Å². The van der Waals surface area contributed by atoms with E-state index in [1.165, 1.54) is 0 Å². The number of fused-ring (bicyclic) bond motifs is 1. The van der Waals surface area contributed by atoms with E-state index in [9.17, 15) is 4.79 Å². The van der Waals surface area contributed by atoms with Crippen molar-refractivity contribution in [3.05, 3.63) is 18.2 Å². The number of aliphatic carboxylic acids is 1. The largest absolute Gasteiger partial charge is 0.486 e. The number of carboxylic acid groups (broad SMARTS) is 1. The first kappa shape index (κ1) is 12.5. The van der Waals surface area contributed by atoms with Crippen molar-refractivity contribution in [3.63, 3.8) is 0 Å². The highest BCUT2D eigenvalue weighted by atomic mass is 16.6. The average molecular weight is 251 g/mol. The zero-order valence-corrected chi connectivity index (χ0v) is 10.5. The number of ether oxygens (including phenoxy) is 2. The molecule has 0 amide bonds. The molecule has 1 aliphatic heterocycles. The Bertz CT molecular complexity index is 456. The molecule has 0 fully saturated rings. The Hall–Kier alpha value is -1.91. The maximum atomic E-state index is 11.0. The van der Waals surface area contributed by atoms with E-state index < -0.39 is 11.4 Å². The molecular weight excluding hydrogens is 234 g/mol. The second kappa shape index (κ2) is 4.76. The normalized spacial score (nSPS) is 14.1. The van der Waals surface area contributed by atoms with Crippen LogP contribution in [0.4, 0.5) is 5.69 Å². The lowest BCUT2D eigenvalue weighted by atomic mass is 9.94. The van der Waals surface area contributed by atoms with E-state index in [0.717, 1.165) is 11.4 Å². The predicted octanol–water partition coefficient (Wildman–Crippen LogP) is 1.98. The van der Waals surface area contributed by atoms with Crippen molar-refractivity contribution < 1.29 is 19.4 Å². The number of carboxylic acids is 1. The molecule has 0 unspecified atom stereocenters. The van der Waals surface area contributed by atoms with Crippen LogP contribution in [0.15, 0.2) is 18.2 Å². The lowest BCUT2D eigenvalue weighted by Crippen LogP contribution is -2.31. The van der Waals surface area contributed by atoms with E-state index in [-0.39, 0.29) is 0 Å². The Morgan fingerprint density at radius 1 is 1.33 bits per heavy atom. The van der Waals surface area contributed by atoms with Gasteiger partial charge in [-0.1, -0.05) is 0 Å². The summed E-state index contributed by atoms with van der Waals surface area (Å²) in [4.78, 5) is 11.0. The van der Waals surface area contributed by atoms with Gasteiger partial charge in [0.1, 0.15) is 13.2 Å². The summed E-state index contributed by atoms with van der Waals surface area (Å²) in [6.07, 6.45) is 0. The molecule has 0 radical (unpaired) electrons. The minimum Gasteiger partial charge on any atom is -0.486 e. The van der Waals surface area contributed by atoms with Crippen LogP contribution in [-0.4, -0.2) is 30.8 Å². The van der Waals surface area contributed by atoms with Crippen molar-refractivity contribution in [1.29, 1.82) is 0 Å². The first-order valence-electron chi connectivity index (χ1n) is 5.86. The Balaban J connectivity index is 2.04. The zero-order valence-electron chi connectivity index (χ0n) is 10.5. The maximum Gasteiger partial charge on any atom is 0.310 e. The van der Waals surface area contributed by atoms with Crippen molar-refractivity contribution >= 4 is 11.7 Å². The summed E-state index contributed by atoms with van der Waals surface area (Å²) in [5.74, 6) is 0.594. The van der Waals surface area contributed by atoms with Crippen LogP contribution in [0.3, 0.4) is 0 Å². The fourth-order valence-electron chi connectivity index (χ4n) is 1.55. The molecule has 18 heavy (non-hydrogen) atoms. The summed E-state index contributed by atoms with van der Waals surface area (Å²) in [6, 6.07) is 5.50. The molecule has 5 heteroatoms. The molecular formula is C13H17NO4. The van der Waals surface area contributed by atoms with Gasteiger partial charge < -0.3 is 19.9 Å². The third-order valence-electron chi connectivity index (χ3n) is 2.86. The van der Waals surface area contributed by atoms with Crippen LogP contribution < -0.4 is 14.8 Å². The third kappa shape index (κ3) is 2.67. The van der Waals surface area contributed by atoms with Crippen LogP contribution in [0.2, 0.25) is 0 Å². The van der Waals surface area contributed by atoms with Crippen molar-refractivity contribution in [3.8, 4) is 11.5 Å². The Kier molecular flexibility index (Phi) is 3.32. The summed E-state index contributed by atoms with van der Waals surface area (Å²) < 4.78 is 10.9. The third-order valence-corrected chi connectivity index (χ3v) is 2.86. The van der Waals surface area contributed by atoms with Gasteiger partial charge in [-0.25, -0.2) is 0 Å². The Morgan fingerprint density at radius 2 is 2.00 bits per heavy atom. The molecule has 0 bridgehead atoms. The minimum atomic E-state index is -0.826. The van der Waals surface area contributed by atoms with Gasteiger partial charge in [0.2, 0.25) is 0 Å². The number of benzene rings is 1. The van der Waals surface area contributed by atoms with Gasteiger partial charge in [-0.15, -0.1) is 0 Å². The van der Waals surface area contributed by atoms with Gasteiger partial charge in [0.15, 0.2) is 11.5 Å². The van der Waals surface area contributed by atoms with E-state index in [1.54, 1.807) is 13.8 Å². The number of nitrogens with one attached hydrogen (secondary N) is 1. The first-order valence-corrected chi connectivity index (χ1v) is 5.86. The van der Waals surface area contributed by atoms with Crippen LogP contribution >= 0.6 is 0 Å². The van der Waals surface area contributed by atoms with Crippen LogP contribution in [-0.2, 0) is 4.79 Å². The molecule has 1 aromatic carbocycles. The molecule has 98 valence electrons. The van der Waals surface area contributed by atoms with Gasteiger partial charge in [-0.05, 0) is 26.0 Å². The van der Waals surface area contributed by atoms with Gasteiger partial charge in [-0.2, -0.15) is 0 Å². The Morgan fingerprint density at radius 3 is 2.67 bits per heavy atom. The summed E-state index contributed by atoms with van der Waals surface area (Å²) >= 11 is 0. The lowest BCUT2D eigenvalue weighted by molar-refractivity contribution is -0.146. The summed E-state index contributed by atoms with van der Waals surface area (Å²) in [6.45, 7) is 4.81. The first-order chi connectivity index (χ1) is 8.49. The summed E-state index contributed by atoms with van der Waals surface area (Å²) in [7, 11) is 0. The van der Waals surface area contributed by atoms with Gasteiger partial charge >= 0.3 is 5.97 Å². The quantitative estimate of drug-likeness (QED) is 0.856. The number of carbonyl (C=O) groups is 1. The second-order valence-corrected chi connectivity index (χ2v) is 4.90. The highest BCUT2D eigenvalue weighted by Crippen LogP contribution is 2.32. The van der Waals surface area contributed by atoms with Gasteiger partial charge in [-0.3, -0.25) is 4.79 Å². The van der Waals surface area contributed by atoms with Crippen molar-refractivity contribution in [2.45, 2.75) is 13.8 Å². The predicted molar refractivity (Wildman–Crippen MR) is 67.3 cm³/mol. The molecule has 1 heterocycles. The molecule has 1 aromatic rings. The topological polar surface area (TPSA) is 67.8 Å². The molecule has 5 nitrogen and oxygen atoms in total. The average Bonchev–Trinajstić information content (AvgIpc) is 2.36. The molecule has 0 spiro atoms. The molecule has 2 N–H and O–H groups in total. The number of rotatable bonds is 4. The van der Waals surface area contributed by atoms with E-state index in [0.29, 0.717) is 25.5 Å². The van der Waals surface area contributed by atoms with E-state index >= 15 is 0 Å². The smallest absolute Gasteiger partial charge is 0.310 e. The van der Waals surface area contributed by atoms with Gasteiger partial charge in [0, 0.05) is 18.3 Å². The summed E-state index contributed by atoms with van der Waals surface area (Å²) in [5, 5.41) is 12.1. The fourth-order valence-corrected chi connectivity index (χ4v) is 1.55. The van der Waals surface area contributed by atoms with Crippen LogP contribution in [0.5, 0.6) is 11.5 Å². The Labute approximate surface area is 106 Å². The molecule has 0 saturated carbocycles. The molecule has 2 rings (SSSR count). The molecule has 1 aliphatic rings. The molecule has 0 saturated heterocycles. The second-order valence-electron chi connectivity index (χ2n) is 4.90. The molecule has 0 aliphatic carbocycles. The van der Waals surface area contributed by atoms with Crippen molar-refractivity contribution in [2.75, 3.05) is 25.1 Å². The van der Waals surface area contributed by atoms with Crippen molar-refractivity contribution in [2.24, 2.45) is 5.41 Å². The SMILES string of the molecule is CC(C)(CNc1ccc2c(c1)OCCO2)C(=O)O. The van der Waals surface area contributed by atoms with Gasteiger partial charge in [0.05, 0.1) is 5.41 Å². The van der Waals surface area contributed by atoms with Crippen molar-refractivity contribution in [1.82, 2.24) is 0 Å². The lowest BCUT2D eigenvalue weighted by Gasteiger charge is -2.22. The molecule has 0 atom stereocenters. The highest BCUT2D eigenvalue weighted by Gasteiger charge is 2.26. The standard InChI is InChI=1S/C13H17NO4/c1-13(2,12(15)16)8-14-9-3-4-10-11(7-9)18-6-5-17-10/h3-4,7,14H,5-6,8H2,1-2H3,(H,15,16). The van der Waals surface area contributed by atoms with E-state index in [4.69, 9.17) is 14.6 Å². The van der Waals surface area contributed by atoms with Crippen LogP contribution in [0.25, 0.3) is 0 Å². The van der Waals surface area contributed by atoms with E-state index in [1.807, 2.05) is 18.2 Å². The number of hydrogen-bond acceptors (Lipinski definition) is 4. The summed E-state index contributed by atoms with van der Waals surface area (Å²) in [5.41, 5.74) is 0.0151. The number of hydrogen-bond donors (Lipinski definition) is 2. The minimum absolute atomic E-state index is 0.349. The highest BCUT2D eigenvalue weighted by molar-refractivity contribution is 5.74. The van der Waals surface area contributed by atoms with Gasteiger partial charge in [0.25, 0.3) is 0 Å². The zero-order chi connectivity index (χ0) is 13.2. The molecule has 0 aromatic heterocycles. The maximum absolute atomic E-state index is 11.0. The number of anilines is 1. The monoisotopic (exact) mass is 251 g/mol. The fraction of sp³-hybridized carbons (Fsp3) is 0.462. The van der Waals surface area contributed by atoms with E-state index in [2.05, 4.69) is 5.32 Å².